The maximum Gasteiger partial charge on any atom is 0.336 e. The number of amides is 1. The summed E-state index contributed by atoms with van der Waals surface area (Å²) in [6, 6.07) is 4.64. The Morgan fingerprint density at radius 2 is 1.69 bits per heavy atom. The number of pyridine rings is 1. The zero-order chi connectivity index (χ0) is 25.4. The van der Waals surface area contributed by atoms with Crippen LogP contribution in [0.25, 0.3) is 10.9 Å². The Hall–Kier alpha value is -2.52. The van der Waals surface area contributed by atoms with E-state index in [0.29, 0.717) is 36.1 Å². The fraction of sp³-hybridized carbons (Fsp3) is 0.593. The molecule has 3 heterocycles. The second-order valence-corrected chi connectivity index (χ2v) is 12.6. The summed E-state index contributed by atoms with van der Waals surface area (Å²) < 4.78 is 28.5. The number of nitrogens with zero attached hydrogens (tertiary/aromatic N) is 3. The van der Waals surface area contributed by atoms with E-state index in [2.05, 4.69) is 6.92 Å². The molecule has 1 atom stereocenters. The fourth-order valence-corrected chi connectivity index (χ4v) is 7.54. The number of aryl methyl sites for hydroxylation is 1. The first kappa shape index (κ1) is 25.1. The number of likely N-dealkylation sites (tertiary alicyclic amines) is 1. The van der Waals surface area contributed by atoms with Gasteiger partial charge in [0.05, 0.1) is 16.0 Å². The van der Waals surface area contributed by atoms with Crippen LogP contribution in [-0.4, -0.2) is 65.8 Å². The third kappa shape index (κ3) is 4.75. The molecule has 1 aromatic heterocycles. The van der Waals surface area contributed by atoms with Crippen LogP contribution in [-0.2, 0) is 27.7 Å². The summed E-state index contributed by atoms with van der Waals surface area (Å²) in [7, 11) is -3.82. The van der Waals surface area contributed by atoms with Crippen molar-refractivity contribution in [1.82, 2.24) is 14.2 Å². The van der Waals surface area contributed by atoms with Crippen LogP contribution < -0.4 is 0 Å². The standard InChI is InChI=1S/C27H35N3O5S/c1-18-6-8-23-21(16-18)25(27(32)33)22-17-20(7-9-24(22)28-23)36(34,35)30-14-10-19(11-15-30)26(31)29-12-4-2-3-5-13-29/h7,9,17-19H,2-6,8,10-16H2,1H3,(H,32,33)/t18-/m0/s1. The molecule has 0 radical (unpaired) electrons. The number of carboxylic acids is 1. The maximum absolute atomic E-state index is 13.5. The van der Waals surface area contributed by atoms with Crippen molar-refractivity contribution in [3.63, 3.8) is 0 Å². The van der Waals surface area contributed by atoms with Crippen molar-refractivity contribution < 1.29 is 23.1 Å². The average molecular weight is 514 g/mol. The summed E-state index contributed by atoms with van der Waals surface area (Å²) in [6.07, 6.45) is 7.75. The van der Waals surface area contributed by atoms with Gasteiger partial charge in [-0.3, -0.25) is 9.78 Å². The summed E-state index contributed by atoms with van der Waals surface area (Å²) in [5.74, 6) is -0.659. The molecule has 2 aromatic rings. The molecule has 8 nitrogen and oxygen atoms in total. The highest BCUT2D eigenvalue weighted by Gasteiger charge is 2.34. The first-order chi connectivity index (χ1) is 17.3. The lowest BCUT2D eigenvalue weighted by molar-refractivity contribution is -0.136. The summed E-state index contributed by atoms with van der Waals surface area (Å²) in [5, 5.41) is 10.4. The Labute approximate surface area is 212 Å². The molecular formula is C27H35N3O5S. The van der Waals surface area contributed by atoms with Crippen molar-refractivity contribution in [2.24, 2.45) is 11.8 Å². The van der Waals surface area contributed by atoms with Gasteiger partial charge >= 0.3 is 5.97 Å². The molecule has 9 heteroatoms. The second-order valence-electron chi connectivity index (χ2n) is 10.7. The SMILES string of the molecule is C[C@H]1CCc2nc3ccc(S(=O)(=O)N4CCC(C(=O)N5CCCCCC5)CC4)cc3c(C(=O)O)c2C1. The minimum Gasteiger partial charge on any atom is -0.478 e. The molecule has 1 N–H and O–H groups in total. The van der Waals surface area contributed by atoms with E-state index in [4.69, 9.17) is 4.98 Å². The molecule has 2 saturated heterocycles. The predicted octanol–water partition coefficient (Wildman–Crippen LogP) is 3.86. The van der Waals surface area contributed by atoms with Crippen LogP contribution in [0, 0.1) is 11.8 Å². The van der Waals surface area contributed by atoms with Gasteiger partial charge in [0, 0.05) is 43.2 Å². The molecule has 1 aliphatic carbocycles. The zero-order valence-electron chi connectivity index (χ0n) is 20.9. The molecule has 194 valence electrons. The van der Waals surface area contributed by atoms with Crippen LogP contribution in [0.4, 0.5) is 0 Å². The quantitative estimate of drug-likeness (QED) is 0.665. The highest BCUT2D eigenvalue weighted by Crippen LogP contribution is 2.34. The lowest BCUT2D eigenvalue weighted by atomic mass is 9.84. The molecule has 1 amide bonds. The van der Waals surface area contributed by atoms with Crippen molar-refractivity contribution in [2.75, 3.05) is 26.2 Å². The van der Waals surface area contributed by atoms with Gasteiger partial charge in [0.2, 0.25) is 15.9 Å². The van der Waals surface area contributed by atoms with Crippen molar-refractivity contribution in [1.29, 1.82) is 0 Å². The highest BCUT2D eigenvalue weighted by molar-refractivity contribution is 7.89. The van der Waals surface area contributed by atoms with E-state index in [9.17, 15) is 23.1 Å². The molecule has 2 aliphatic heterocycles. The van der Waals surface area contributed by atoms with Crippen molar-refractivity contribution in [2.45, 2.75) is 69.6 Å². The van der Waals surface area contributed by atoms with Crippen LogP contribution in [0.15, 0.2) is 23.1 Å². The van der Waals surface area contributed by atoms with E-state index in [0.717, 1.165) is 62.9 Å². The van der Waals surface area contributed by atoms with Crippen LogP contribution in [0.2, 0.25) is 0 Å². The molecule has 0 unspecified atom stereocenters. The first-order valence-electron chi connectivity index (χ1n) is 13.2. The van der Waals surface area contributed by atoms with Crippen LogP contribution in [0.5, 0.6) is 0 Å². The molecule has 5 rings (SSSR count). The van der Waals surface area contributed by atoms with Crippen molar-refractivity contribution in [3.8, 4) is 0 Å². The molecule has 0 spiro atoms. The van der Waals surface area contributed by atoms with Gasteiger partial charge in [-0.2, -0.15) is 4.31 Å². The third-order valence-electron chi connectivity index (χ3n) is 8.14. The van der Waals surface area contributed by atoms with Gasteiger partial charge in [-0.05, 0) is 74.6 Å². The Bertz CT molecular complexity index is 1280. The van der Waals surface area contributed by atoms with E-state index in [1.165, 1.54) is 16.4 Å². The van der Waals surface area contributed by atoms with Crippen LogP contribution in [0.3, 0.4) is 0 Å². The van der Waals surface area contributed by atoms with Crippen molar-refractivity contribution in [3.05, 3.63) is 35.0 Å². The summed E-state index contributed by atoms with van der Waals surface area (Å²) in [5.41, 5.74) is 2.24. The smallest absolute Gasteiger partial charge is 0.336 e. The summed E-state index contributed by atoms with van der Waals surface area (Å²) >= 11 is 0. The molecular weight excluding hydrogens is 478 g/mol. The Kier molecular flexibility index (Phi) is 7.05. The number of fused-ring (bicyclic) bond motifs is 2. The Balaban J connectivity index is 1.38. The number of aromatic nitrogens is 1. The number of carbonyl (C=O) groups excluding carboxylic acids is 1. The number of hydrogen-bond donors (Lipinski definition) is 1. The number of carbonyl (C=O) groups is 2. The fourth-order valence-electron chi connectivity index (χ4n) is 6.04. The van der Waals surface area contributed by atoms with E-state index in [-0.39, 0.29) is 35.4 Å². The van der Waals surface area contributed by atoms with E-state index < -0.39 is 16.0 Å². The number of rotatable bonds is 4. The average Bonchev–Trinajstić information content (AvgIpc) is 3.16. The maximum atomic E-state index is 13.5. The molecule has 1 aromatic carbocycles. The number of benzene rings is 1. The summed E-state index contributed by atoms with van der Waals surface area (Å²) in [4.78, 5) is 32.0. The van der Waals surface area contributed by atoms with Gasteiger partial charge in [0.25, 0.3) is 0 Å². The van der Waals surface area contributed by atoms with E-state index >= 15 is 0 Å². The predicted molar refractivity (Wildman–Crippen MR) is 136 cm³/mol. The highest BCUT2D eigenvalue weighted by atomic mass is 32.2. The lowest BCUT2D eigenvalue weighted by Gasteiger charge is -2.33. The number of sulfonamides is 1. The number of piperidine rings is 1. The lowest BCUT2D eigenvalue weighted by Crippen LogP contribution is -2.44. The third-order valence-corrected chi connectivity index (χ3v) is 10.0. The van der Waals surface area contributed by atoms with E-state index in [1.807, 2.05) is 4.90 Å². The number of aromatic carboxylic acids is 1. The van der Waals surface area contributed by atoms with Gasteiger partial charge in [-0.25, -0.2) is 13.2 Å². The van der Waals surface area contributed by atoms with Gasteiger partial charge in [-0.15, -0.1) is 0 Å². The first-order valence-corrected chi connectivity index (χ1v) is 14.7. The Morgan fingerprint density at radius 1 is 1.00 bits per heavy atom. The molecule has 0 saturated carbocycles. The van der Waals surface area contributed by atoms with Crippen LogP contribution in [0.1, 0.15) is 73.5 Å². The summed E-state index contributed by atoms with van der Waals surface area (Å²) in [6.45, 7) is 4.28. The monoisotopic (exact) mass is 513 g/mol. The van der Waals surface area contributed by atoms with Gasteiger partial charge in [0.1, 0.15) is 0 Å². The zero-order valence-corrected chi connectivity index (χ0v) is 21.7. The topological polar surface area (TPSA) is 108 Å². The molecule has 0 bridgehead atoms. The minimum absolute atomic E-state index is 0.0837. The molecule has 2 fully saturated rings. The largest absolute Gasteiger partial charge is 0.478 e. The van der Waals surface area contributed by atoms with Gasteiger partial charge in [0.15, 0.2) is 0 Å². The normalized spacial score (nSPS) is 22.2. The molecule has 36 heavy (non-hydrogen) atoms. The van der Waals surface area contributed by atoms with Crippen molar-refractivity contribution >= 4 is 32.8 Å². The van der Waals surface area contributed by atoms with Crippen LogP contribution >= 0.6 is 0 Å². The molecule has 3 aliphatic rings. The Morgan fingerprint density at radius 3 is 2.36 bits per heavy atom. The minimum atomic E-state index is -3.82. The second kappa shape index (κ2) is 10.1. The van der Waals surface area contributed by atoms with Gasteiger partial charge < -0.3 is 10.0 Å². The number of hydrogen-bond acceptors (Lipinski definition) is 5. The number of carboxylic acid groups (broad SMARTS) is 1. The van der Waals surface area contributed by atoms with Gasteiger partial charge in [-0.1, -0.05) is 19.8 Å². The van der Waals surface area contributed by atoms with E-state index in [1.54, 1.807) is 6.07 Å².